The molecule has 1 aliphatic rings. The highest BCUT2D eigenvalue weighted by atomic mass is 16.3. The van der Waals surface area contributed by atoms with Crippen molar-refractivity contribution in [3.8, 4) is 0 Å². The highest BCUT2D eigenvalue weighted by molar-refractivity contribution is 5.39. The first-order chi connectivity index (χ1) is 5.83. The maximum Gasteiger partial charge on any atom is 0.0683 e. The number of rotatable bonds is 1. The lowest BCUT2D eigenvalue weighted by molar-refractivity contribution is 0.172. The predicted molar refractivity (Wildman–Crippen MR) is 49.1 cm³/mol. The van der Waals surface area contributed by atoms with E-state index < -0.39 is 0 Å². The Morgan fingerprint density at radius 3 is 2.92 bits per heavy atom. The fourth-order valence-electron chi connectivity index (χ4n) is 1.89. The molecule has 1 nitrogen and oxygen atoms in total. The van der Waals surface area contributed by atoms with Gasteiger partial charge in [0.1, 0.15) is 0 Å². The molecule has 0 spiro atoms. The number of benzene rings is 1. The molecule has 0 saturated heterocycles. The molecule has 1 heteroatoms. The molecule has 1 aromatic rings. The second-order valence-electron chi connectivity index (χ2n) is 3.23. The zero-order valence-corrected chi connectivity index (χ0v) is 6.90. The normalized spacial score (nSPS) is 26.8. The minimum atomic E-state index is -0.264. The summed E-state index contributed by atoms with van der Waals surface area (Å²) in [5, 5.41) is 9.64. The fraction of sp³-hybridized carbons (Fsp3) is 0.273. The minimum Gasteiger partial charge on any atom is -0.392 e. The fourth-order valence-corrected chi connectivity index (χ4v) is 1.89. The van der Waals surface area contributed by atoms with Gasteiger partial charge < -0.3 is 5.11 Å². The van der Waals surface area contributed by atoms with Gasteiger partial charge in [-0.2, -0.15) is 0 Å². The topological polar surface area (TPSA) is 20.2 Å². The Morgan fingerprint density at radius 1 is 1.42 bits per heavy atom. The summed E-state index contributed by atoms with van der Waals surface area (Å²) in [5.41, 5.74) is 2.50. The van der Waals surface area contributed by atoms with E-state index in [0.717, 1.165) is 6.42 Å². The van der Waals surface area contributed by atoms with Crippen molar-refractivity contribution < 1.29 is 5.11 Å². The van der Waals surface area contributed by atoms with E-state index in [2.05, 4.69) is 18.7 Å². The lowest BCUT2D eigenvalue weighted by atomic mass is 10.0. The summed E-state index contributed by atoms with van der Waals surface area (Å²) < 4.78 is 0. The van der Waals surface area contributed by atoms with Crippen LogP contribution in [-0.2, 0) is 6.42 Å². The Labute approximate surface area is 72.4 Å². The van der Waals surface area contributed by atoms with E-state index in [0.29, 0.717) is 0 Å². The summed E-state index contributed by atoms with van der Waals surface area (Å²) in [4.78, 5) is 0. The molecule has 0 heterocycles. The SMILES string of the molecule is C=C[C@H]1c2ccccc2C[C@H]1O. The highest BCUT2D eigenvalue weighted by Gasteiger charge is 2.27. The van der Waals surface area contributed by atoms with Crippen LogP contribution in [-0.4, -0.2) is 11.2 Å². The van der Waals surface area contributed by atoms with Crippen LogP contribution in [0.1, 0.15) is 17.0 Å². The van der Waals surface area contributed by atoms with Gasteiger partial charge in [0, 0.05) is 5.92 Å². The van der Waals surface area contributed by atoms with Gasteiger partial charge in [0.25, 0.3) is 0 Å². The summed E-state index contributed by atoms with van der Waals surface area (Å²) in [7, 11) is 0. The van der Waals surface area contributed by atoms with Gasteiger partial charge in [-0.15, -0.1) is 6.58 Å². The van der Waals surface area contributed by atoms with Crippen molar-refractivity contribution in [3.05, 3.63) is 48.0 Å². The van der Waals surface area contributed by atoms with Gasteiger partial charge in [0.2, 0.25) is 0 Å². The Morgan fingerprint density at radius 2 is 2.17 bits per heavy atom. The molecule has 0 saturated carbocycles. The van der Waals surface area contributed by atoms with Crippen LogP contribution < -0.4 is 0 Å². The minimum absolute atomic E-state index is 0.140. The number of fused-ring (bicyclic) bond motifs is 1. The van der Waals surface area contributed by atoms with Crippen molar-refractivity contribution in [1.29, 1.82) is 0 Å². The van der Waals surface area contributed by atoms with Crippen LogP contribution >= 0.6 is 0 Å². The van der Waals surface area contributed by atoms with E-state index in [-0.39, 0.29) is 12.0 Å². The zero-order chi connectivity index (χ0) is 8.55. The first kappa shape index (κ1) is 7.56. The van der Waals surface area contributed by atoms with Gasteiger partial charge in [-0.1, -0.05) is 30.3 Å². The van der Waals surface area contributed by atoms with Crippen LogP contribution in [0.25, 0.3) is 0 Å². The number of hydrogen-bond acceptors (Lipinski definition) is 1. The Bertz CT molecular complexity index is 304. The molecule has 1 aliphatic carbocycles. The van der Waals surface area contributed by atoms with Crippen molar-refractivity contribution in [1.82, 2.24) is 0 Å². The summed E-state index contributed by atoms with van der Waals surface area (Å²) in [5.74, 6) is 0.140. The molecule has 0 aliphatic heterocycles. The van der Waals surface area contributed by atoms with E-state index in [1.54, 1.807) is 0 Å². The summed E-state index contributed by atoms with van der Waals surface area (Å²) in [6.07, 6.45) is 2.34. The van der Waals surface area contributed by atoms with Crippen LogP contribution in [0.2, 0.25) is 0 Å². The first-order valence-electron chi connectivity index (χ1n) is 4.21. The zero-order valence-electron chi connectivity index (χ0n) is 6.90. The number of aliphatic hydroxyl groups excluding tert-OH is 1. The molecule has 2 atom stereocenters. The molecule has 1 aromatic carbocycles. The lowest BCUT2D eigenvalue weighted by Crippen LogP contribution is -2.10. The van der Waals surface area contributed by atoms with Crippen LogP contribution in [0.5, 0.6) is 0 Å². The lowest BCUT2D eigenvalue weighted by Gasteiger charge is -2.09. The van der Waals surface area contributed by atoms with Gasteiger partial charge in [-0.3, -0.25) is 0 Å². The monoisotopic (exact) mass is 160 g/mol. The summed E-state index contributed by atoms with van der Waals surface area (Å²) in [6, 6.07) is 8.16. The molecule has 0 unspecified atom stereocenters. The quantitative estimate of drug-likeness (QED) is 0.622. The first-order valence-corrected chi connectivity index (χ1v) is 4.21. The van der Waals surface area contributed by atoms with Crippen LogP contribution in [0.4, 0.5) is 0 Å². The predicted octanol–water partition coefficient (Wildman–Crippen LogP) is 1.87. The van der Waals surface area contributed by atoms with E-state index in [1.165, 1.54) is 11.1 Å². The van der Waals surface area contributed by atoms with Gasteiger partial charge in [0.05, 0.1) is 6.10 Å². The molecular weight excluding hydrogens is 148 g/mol. The second kappa shape index (κ2) is 2.76. The summed E-state index contributed by atoms with van der Waals surface area (Å²) >= 11 is 0. The molecule has 0 radical (unpaired) electrons. The highest BCUT2D eigenvalue weighted by Crippen LogP contribution is 2.33. The summed E-state index contributed by atoms with van der Waals surface area (Å²) in [6.45, 7) is 3.73. The van der Waals surface area contributed by atoms with Crippen molar-refractivity contribution in [2.24, 2.45) is 0 Å². The maximum absolute atomic E-state index is 9.64. The van der Waals surface area contributed by atoms with E-state index >= 15 is 0 Å². The van der Waals surface area contributed by atoms with Crippen molar-refractivity contribution in [3.63, 3.8) is 0 Å². The molecule has 62 valence electrons. The Hall–Kier alpha value is -1.08. The standard InChI is InChI=1S/C11H12O/c1-2-9-10-6-4-3-5-8(10)7-11(9)12/h2-6,9,11-12H,1,7H2/t9-,11+/m0/s1. The smallest absolute Gasteiger partial charge is 0.0683 e. The molecule has 0 amide bonds. The van der Waals surface area contributed by atoms with Crippen LogP contribution in [0.3, 0.4) is 0 Å². The van der Waals surface area contributed by atoms with Crippen molar-refractivity contribution in [2.75, 3.05) is 0 Å². The van der Waals surface area contributed by atoms with E-state index in [9.17, 15) is 5.11 Å². The van der Waals surface area contributed by atoms with E-state index in [1.807, 2.05) is 18.2 Å². The molecule has 1 N–H and O–H groups in total. The molecule has 0 fully saturated rings. The van der Waals surface area contributed by atoms with Gasteiger partial charge in [-0.05, 0) is 17.5 Å². The Kier molecular flexibility index (Phi) is 1.74. The molecule has 12 heavy (non-hydrogen) atoms. The van der Waals surface area contributed by atoms with E-state index in [4.69, 9.17) is 0 Å². The van der Waals surface area contributed by atoms with Crippen molar-refractivity contribution >= 4 is 0 Å². The van der Waals surface area contributed by atoms with Crippen LogP contribution in [0, 0.1) is 0 Å². The Balaban J connectivity index is 2.47. The average molecular weight is 160 g/mol. The van der Waals surface area contributed by atoms with Gasteiger partial charge in [-0.25, -0.2) is 0 Å². The number of aliphatic hydroxyl groups is 1. The second-order valence-corrected chi connectivity index (χ2v) is 3.23. The third-order valence-corrected chi connectivity index (χ3v) is 2.51. The van der Waals surface area contributed by atoms with Gasteiger partial charge >= 0.3 is 0 Å². The third kappa shape index (κ3) is 0.978. The maximum atomic E-state index is 9.64. The average Bonchev–Trinajstić information content (AvgIpc) is 2.40. The molecule has 2 rings (SSSR count). The number of hydrogen-bond donors (Lipinski definition) is 1. The molecular formula is C11H12O. The largest absolute Gasteiger partial charge is 0.392 e. The van der Waals surface area contributed by atoms with Crippen LogP contribution in [0.15, 0.2) is 36.9 Å². The van der Waals surface area contributed by atoms with Crippen molar-refractivity contribution in [2.45, 2.75) is 18.4 Å². The van der Waals surface area contributed by atoms with Gasteiger partial charge in [0.15, 0.2) is 0 Å². The third-order valence-electron chi connectivity index (χ3n) is 2.51. The molecule has 0 aromatic heterocycles. The molecule has 0 bridgehead atoms.